The number of aryl methyl sites for hydroxylation is 4. The van der Waals surface area contributed by atoms with Crippen molar-refractivity contribution in [3.8, 4) is 5.75 Å². The third-order valence-electron chi connectivity index (χ3n) is 4.93. The summed E-state index contributed by atoms with van der Waals surface area (Å²) in [7, 11) is -2.31. The largest absolute Gasteiger partial charge is 0.478 e. The Morgan fingerprint density at radius 2 is 2.03 bits per heavy atom. The van der Waals surface area contributed by atoms with Crippen LogP contribution in [0.15, 0.2) is 23.2 Å². The highest BCUT2D eigenvalue weighted by Gasteiger charge is 2.32. The zero-order valence-electron chi connectivity index (χ0n) is 17.6. The van der Waals surface area contributed by atoms with E-state index in [4.69, 9.17) is 4.74 Å². The minimum absolute atomic E-state index is 0.0116. The maximum absolute atomic E-state index is 12.8. The first-order valence-electron chi connectivity index (χ1n) is 9.65. The molecule has 0 bridgehead atoms. The fourth-order valence-electron chi connectivity index (χ4n) is 3.39. The van der Waals surface area contributed by atoms with E-state index in [2.05, 4.69) is 15.1 Å². The predicted molar refractivity (Wildman–Crippen MR) is 111 cm³/mol. The molecule has 10 heteroatoms. The second-order valence-electron chi connectivity index (χ2n) is 7.83. The first-order valence-corrected chi connectivity index (χ1v) is 11.1. The van der Waals surface area contributed by atoms with Crippen molar-refractivity contribution in [3.63, 3.8) is 0 Å². The number of sulfonamides is 1. The third-order valence-corrected chi connectivity index (χ3v) is 6.44. The van der Waals surface area contributed by atoms with E-state index in [1.54, 1.807) is 18.7 Å². The van der Waals surface area contributed by atoms with Crippen LogP contribution in [0.3, 0.4) is 0 Å². The number of amides is 2. The second-order valence-corrected chi connectivity index (χ2v) is 9.48. The van der Waals surface area contributed by atoms with Gasteiger partial charge in [0.25, 0.3) is 15.9 Å². The number of benzene rings is 1. The van der Waals surface area contributed by atoms with Gasteiger partial charge in [0.05, 0.1) is 16.3 Å². The molecule has 1 aliphatic heterocycles. The highest BCUT2D eigenvalue weighted by atomic mass is 32.2. The van der Waals surface area contributed by atoms with Crippen LogP contribution >= 0.6 is 0 Å². The van der Waals surface area contributed by atoms with Gasteiger partial charge in [0.15, 0.2) is 6.10 Å². The van der Waals surface area contributed by atoms with Crippen LogP contribution in [0.2, 0.25) is 0 Å². The van der Waals surface area contributed by atoms with Gasteiger partial charge in [-0.1, -0.05) is 13.8 Å². The standard InChI is InChI=1S/C20H26N4O5S/c1-11(2)19-20(26)21-15-8-12(3)17(9-16(15)29-19)30(27,28)23-18(25)7-6-14-10-24(5)22-13(14)4/h8-11,19H,6-7H2,1-5H3,(H,21,26)(H,23,25)/t19-/m1/s1. The lowest BCUT2D eigenvalue weighted by atomic mass is 10.0. The molecule has 30 heavy (non-hydrogen) atoms. The van der Waals surface area contributed by atoms with Gasteiger partial charge in [-0.25, -0.2) is 13.1 Å². The Morgan fingerprint density at radius 3 is 2.63 bits per heavy atom. The molecule has 1 aromatic carbocycles. The Morgan fingerprint density at radius 1 is 1.33 bits per heavy atom. The lowest BCUT2D eigenvalue weighted by Gasteiger charge is -2.29. The third kappa shape index (κ3) is 4.48. The molecule has 2 aromatic rings. The lowest BCUT2D eigenvalue weighted by Crippen LogP contribution is -2.40. The fraction of sp³-hybridized carbons (Fsp3) is 0.450. The lowest BCUT2D eigenvalue weighted by molar-refractivity contribution is -0.125. The number of rotatable bonds is 6. The van der Waals surface area contributed by atoms with Crippen LogP contribution in [-0.2, 0) is 33.1 Å². The molecule has 3 rings (SSSR count). The Bertz CT molecular complexity index is 1100. The number of anilines is 1. The smallest absolute Gasteiger partial charge is 0.265 e. The van der Waals surface area contributed by atoms with Crippen LogP contribution in [-0.4, -0.2) is 36.1 Å². The summed E-state index contributed by atoms with van der Waals surface area (Å²) in [5.74, 6) is -0.705. The average Bonchev–Trinajstić information content (AvgIpc) is 2.95. The van der Waals surface area contributed by atoms with Crippen molar-refractivity contribution < 1.29 is 22.7 Å². The predicted octanol–water partition coefficient (Wildman–Crippen LogP) is 1.83. The summed E-state index contributed by atoms with van der Waals surface area (Å²) in [5.41, 5.74) is 2.49. The summed E-state index contributed by atoms with van der Waals surface area (Å²) in [6.07, 6.45) is 1.49. The Hall–Kier alpha value is -2.88. The quantitative estimate of drug-likeness (QED) is 0.716. The van der Waals surface area contributed by atoms with E-state index in [1.807, 2.05) is 27.0 Å². The molecule has 0 aliphatic carbocycles. The molecule has 0 saturated heterocycles. The zero-order valence-corrected chi connectivity index (χ0v) is 18.5. The summed E-state index contributed by atoms with van der Waals surface area (Å²) in [6.45, 7) is 7.11. The number of nitrogens with one attached hydrogen (secondary N) is 2. The minimum atomic E-state index is -4.10. The number of hydrogen-bond acceptors (Lipinski definition) is 6. The highest BCUT2D eigenvalue weighted by molar-refractivity contribution is 7.90. The van der Waals surface area contributed by atoms with Crippen molar-refractivity contribution in [1.29, 1.82) is 0 Å². The van der Waals surface area contributed by atoms with Gasteiger partial charge in [0, 0.05) is 25.7 Å². The van der Waals surface area contributed by atoms with E-state index in [9.17, 15) is 18.0 Å². The van der Waals surface area contributed by atoms with Gasteiger partial charge in [-0.2, -0.15) is 5.10 Å². The van der Waals surface area contributed by atoms with E-state index < -0.39 is 22.0 Å². The summed E-state index contributed by atoms with van der Waals surface area (Å²) < 4.78 is 35.1. The van der Waals surface area contributed by atoms with Gasteiger partial charge in [-0.3, -0.25) is 14.3 Å². The number of fused-ring (bicyclic) bond motifs is 1. The van der Waals surface area contributed by atoms with Crippen molar-refractivity contribution in [2.45, 2.75) is 51.5 Å². The number of hydrogen-bond donors (Lipinski definition) is 2. The SMILES string of the molecule is Cc1cc2c(cc1S(=O)(=O)NC(=O)CCc1cn(C)nc1C)O[C@H](C(C)C)C(=O)N2. The molecule has 1 aliphatic rings. The number of ether oxygens (including phenoxy) is 1. The monoisotopic (exact) mass is 434 g/mol. The van der Waals surface area contributed by atoms with Gasteiger partial charge < -0.3 is 10.1 Å². The maximum atomic E-state index is 12.8. The summed E-state index contributed by atoms with van der Waals surface area (Å²) in [5, 5.41) is 6.95. The van der Waals surface area contributed by atoms with Crippen LogP contribution < -0.4 is 14.8 Å². The second kappa shape index (κ2) is 8.10. The molecule has 2 N–H and O–H groups in total. The summed E-state index contributed by atoms with van der Waals surface area (Å²) >= 11 is 0. The molecule has 0 saturated carbocycles. The van der Waals surface area contributed by atoms with Gasteiger partial charge in [0.2, 0.25) is 5.91 Å². The van der Waals surface area contributed by atoms with Crippen LogP contribution in [0, 0.1) is 19.8 Å². The molecule has 0 fully saturated rings. The Balaban J connectivity index is 1.77. The molecule has 9 nitrogen and oxygen atoms in total. The van der Waals surface area contributed by atoms with Crippen LogP contribution in [0.1, 0.15) is 37.1 Å². The van der Waals surface area contributed by atoms with Crippen molar-refractivity contribution in [3.05, 3.63) is 35.2 Å². The van der Waals surface area contributed by atoms with Gasteiger partial charge in [-0.05, 0) is 43.4 Å². The Labute approximate surface area is 175 Å². The molecular weight excluding hydrogens is 408 g/mol. The van der Waals surface area contributed by atoms with Crippen molar-refractivity contribution in [2.75, 3.05) is 5.32 Å². The normalized spacial score (nSPS) is 16.1. The van der Waals surface area contributed by atoms with E-state index in [0.717, 1.165) is 11.3 Å². The highest BCUT2D eigenvalue weighted by Crippen LogP contribution is 2.35. The molecule has 2 heterocycles. The summed E-state index contributed by atoms with van der Waals surface area (Å²) in [4.78, 5) is 24.4. The van der Waals surface area contributed by atoms with Crippen LogP contribution in [0.25, 0.3) is 0 Å². The molecule has 0 spiro atoms. The molecule has 2 amide bonds. The molecule has 162 valence electrons. The van der Waals surface area contributed by atoms with Crippen LogP contribution in [0.4, 0.5) is 5.69 Å². The molecule has 0 radical (unpaired) electrons. The zero-order chi connectivity index (χ0) is 22.2. The minimum Gasteiger partial charge on any atom is -0.478 e. The van der Waals surface area contributed by atoms with E-state index in [0.29, 0.717) is 17.7 Å². The molecule has 1 aromatic heterocycles. The first kappa shape index (κ1) is 21.8. The van der Waals surface area contributed by atoms with Crippen molar-refractivity contribution >= 4 is 27.5 Å². The van der Waals surface area contributed by atoms with Gasteiger partial charge >= 0.3 is 0 Å². The number of nitrogens with zero attached hydrogens (tertiary/aromatic N) is 2. The van der Waals surface area contributed by atoms with E-state index in [-0.39, 0.29) is 28.9 Å². The van der Waals surface area contributed by atoms with Crippen molar-refractivity contribution in [1.82, 2.24) is 14.5 Å². The van der Waals surface area contributed by atoms with Crippen molar-refractivity contribution in [2.24, 2.45) is 13.0 Å². The maximum Gasteiger partial charge on any atom is 0.265 e. The Kier molecular flexibility index (Phi) is 5.89. The molecular formula is C20H26N4O5S. The van der Waals surface area contributed by atoms with Gasteiger partial charge in [-0.15, -0.1) is 0 Å². The fourth-order valence-corrected chi connectivity index (χ4v) is 4.64. The number of carbonyl (C=O) groups is 2. The number of aromatic nitrogens is 2. The van der Waals surface area contributed by atoms with E-state index >= 15 is 0 Å². The van der Waals surface area contributed by atoms with E-state index in [1.165, 1.54) is 12.1 Å². The average molecular weight is 435 g/mol. The topological polar surface area (TPSA) is 119 Å². The van der Waals surface area contributed by atoms with Crippen LogP contribution in [0.5, 0.6) is 5.75 Å². The number of carbonyl (C=O) groups excluding carboxylic acids is 2. The molecule has 0 unspecified atom stereocenters. The first-order chi connectivity index (χ1) is 14.0. The molecule has 1 atom stereocenters. The summed E-state index contributed by atoms with van der Waals surface area (Å²) in [6, 6.07) is 2.88. The van der Waals surface area contributed by atoms with Gasteiger partial charge in [0.1, 0.15) is 5.75 Å².